The minimum atomic E-state index is -0.166. The van der Waals surface area contributed by atoms with Crippen LogP contribution in [0, 0.1) is 18.7 Å². The predicted molar refractivity (Wildman–Crippen MR) is 98.0 cm³/mol. The Hall–Kier alpha value is -2.37. The zero-order valence-electron chi connectivity index (χ0n) is 15.1. The Morgan fingerprint density at radius 3 is 2.96 bits per heavy atom. The molecular weight excluding hydrogens is 317 g/mol. The third kappa shape index (κ3) is 4.00. The van der Waals surface area contributed by atoms with E-state index < -0.39 is 0 Å². The van der Waals surface area contributed by atoms with E-state index in [1.807, 2.05) is 30.9 Å². The van der Waals surface area contributed by atoms with Crippen molar-refractivity contribution in [3.05, 3.63) is 53.9 Å². The molecule has 25 heavy (non-hydrogen) atoms. The van der Waals surface area contributed by atoms with Crippen LogP contribution < -0.4 is 5.32 Å². The zero-order chi connectivity index (χ0) is 17.8. The van der Waals surface area contributed by atoms with E-state index in [-0.39, 0.29) is 5.82 Å². The molecule has 0 spiro atoms. The Bertz CT molecular complexity index is 725. The fourth-order valence-corrected chi connectivity index (χ4v) is 3.35. The largest absolute Gasteiger partial charge is 0.352 e. The van der Waals surface area contributed by atoms with Gasteiger partial charge in [-0.3, -0.25) is 4.99 Å². The molecule has 0 aliphatic carbocycles. The van der Waals surface area contributed by atoms with Crippen LogP contribution in [0.4, 0.5) is 4.39 Å². The molecule has 134 valence electrons. The van der Waals surface area contributed by atoms with E-state index in [0.29, 0.717) is 24.1 Å². The van der Waals surface area contributed by atoms with Crippen molar-refractivity contribution < 1.29 is 4.39 Å². The summed E-state index contributed by atoms with van der Waals surface area (Å²) in [7, 11) is 1.79. The zero-order valence-corrected chi connectivity index (χ0v) is 15.1. The number of halogens is 1. The maximum absolute atomic E-state index is 13.7. The number of imidazole rings is 1. The summed E-state index contributed by atoms with van der Waals surface area (Å²) in [6.45, 7) is 6.48. The van der Waals surface area contributed by atoms with Crippen LogP contribution in [0.25, 0.3) is 0 Å². The van der Waals surface area contributed by atoms with Crippen LogP contribution >= 0.6 is 0 Å². The maximum Gasteiger partial charge on any atom is 0.193 e. The first-order valence-corrected chi connectivity index (χ1v) is 8.76. The molecule has 2 aromatic rings. The fraction of sp³-hybridized carbons (Fsp3) is 0.474. The molecule has 0 bridgehead atoms. The molecule has 1 N–H and O–H groups in total. The third-order valence-electron chi connectivity index (χ3n) is 5.02. The molecule has 1 aromatic carbocycles. The summed E-state index contributed by atoms with van der Waals surface area (Å²) >= 11 is 0. The lowest BCUT2D eigenvalue weighted by atomic mass is 9.93. The van der Waals surface area contributed by atoms with Gasteiger partial charge in [0.2, 0.25) is 0 Å². The van der Waals surface area contributed by atoms with Crippen LogP contribution in [0.15, 0.2) is 41.9 Å². The summed E-state index contributed by atoms with van der Waals surface area (Å²) < 4.78 is 15.9. The monoisotopic (exact) mass is 343 g/mol. The summed E-state index contributed by atoms with van der Waals surface area (Å²) in [5, 5.41) is 3.37. The van der Waals surface area contributed by atoms with Gasteiger partial charge in [0.15, 0.2) is 5.96 Å². The average molecular weight is 343 g/mol. The maximum atomic E-state index is 13.7. The Kier molecular flexibility index (Phi) is 5.36. The molecule has 0 saturated carbocycles. The number of piperidine rings is 1. The number of nitrogens with zero attached hydrogens (tertiary/aromatic N) is 4. The number of aryl methyl sites for hydroxylation is 1. The lowest BCUT2D eigenvalue weighted by molar-refractivity contribution is 0.189. The van der Waals surface area contributed by atoms with Gasteiger partial charge in [-0.25, -0.2) is 9.37 Å². The normalized spacial score (nSPS) is 21.4. The molecule has 0 radical (unpaired) electrons. The molecule has 1 fully saturated rings. The highest BCUT2D eigenvalue weighted by molar-refractivity contribution is 5.80. The van der Waals surface area contributed by atoms with Crippen molar-refractivity contribution in [3.63, 3.8) is 0 Å². The van der Waals surface area contributed by atoms with Crippen LogP contribution in [0.1, 0.15) is 30.5 Å². The van der Waals surface area contributed by atoms with Crippen LogP contribution in [0.2, 0.25) is 0 Å². The number of hydrogen-bond acceptors (Lipinski definition) is 2. The molecule has 2 heterocycles. The van der Waals surface area contributed by atoms with Gasteiger partial charge < -0.3 is 14.8 Å². The molecule has 1 aliphatic rings. The number of aliphatic imine (C=N–C) groups is 1. The van der Waals surface area contributed by atoms with Crippen molar-refractivity contribution in [1.82, 2.24) is 19.8 Å². The Labute approximate surface area is 148 Å². The number of aromatic nitrogens is 2. The van der Waals surface area contributed by atoms with Crippen LogP contribution in [0.3, 0.4) is 0 Å². The standard InChI is InChI=1S/C19H26FN5/c1-14-4-5-16(10-17(14)20)11-23-19(21-3)24-8-6-15(2)18(12-24)25-9-7-22-13-25/h4-5,7,9-10,13,15,18H,6,8,11-12H2,1-3H3,(H,21,23). The molecule has 6 heteroatoms. The van der Waals surface area contributed by atoms with Gasteiger partial charge in [-0.15, -0.1) is 0 Å². The van der Waals surface area contributed by atoms with Crippen molar-refractivity contribution in [1.29, 1.82) is 0 Å². The smallest absolute Gasteiger partial charge is 0.193 e. The summed E-state index contributed by atoms with van der Waals surface area (Å²) in [6.07, 6.45) is 6.83. The lowest BCUT2D eigenvalue weighted by Crippen LogP contribution is -2.48. The van der Waals surface area contributed by atoms with E-state index in [0.717, 1.165) is 31.0 Å². The van der Waals surface area contributed by atoms with E-state index >= 15 is 0 Å². The molecule has 1 aromatic heterocycles. The van der Waals surface area contributed by atoms with Crippen LogP contribution in [-0.4, -0.2) is 40.5 Å². The van der Waals surface area contributed by atoms with E-state index in [4.69, 9.17) is 0 Å². The number of likely N-dealkylation sites (tertiary alicyclic amines) is 1. The predicted octanol–water partition coefficient (Wildman–Crippen LogP) is 2.99. The quantitative estimate of drug-likeness (QED) is 0.688. The van der Waals surface area contributed by atoms with Gasteiger partial charge in [-0.2, -0.15) is 0 Å². The van der Waals surface area contributed by atoms with Gasteiger partial charge in [-0.1, -0.05) is 19.1 Å². The molecule has 0 amide bonds. The van der Waals surface area contributed by atoms with Crippen LogP contribution in [-0.2, 0) is 6.54 Å². The van der Waals surface area contributed by atoms with Crippen molar-refractivity contribution >= 4 is 5.96 Å². The molecule has 2 unspecified atom stereocenters. The first kappa shape index (κ1) is 17.5. The van der Waals surface area contributed by atoms with Gasteiger partial charge in [-0.05, 0) is 36.5 Å². The minimum Gasteiger partial charge on any atom is -0.352 e. The highest BCUT2D eigenvalue weighted by Gasteiger charge is 2.28. The summed E-state index contributed by atoms with van der Waals surface area (Å²) in [5.41, 5.74) is 1.59. The number of nitrogens with one attached hydrogen (secondary N) is 1. The summed E-state index contributed by atoms with van der Waals surface area (Å²) in [5.74, 6) is 1.29. The third-order valence-corrected chi connectivity index (χ3v) is 5.02. The number of guanidine groups is 1. The van der Waals surface area contributed by atoms with Crippen molar-refractivity contribution in [2.75, 3.05) is 20.1 Å². The van der Waals surface area contributed by atoms with Gasteiger partial charge in [0.05, 0.1) is 12.4 Å². The van der Waals surface area contributed by atoms with Crippen molar-refractivity contribution in [3.8, 4) is 0 Å². The number of benzene rings is 1. The summed E-state index contributed by atoms with van der Waals surface area (Å²) in [4.78, 5) is 10.9. The van der Waals surface area contributed by atoms with Gasteiger partial charge >= 0.3 is 0 Å². The minimum absolute atomic E-state index is 0.166. The second kappa shape index (κ2) is 7.68. The molecule has 3 rings (SSSR count). The SMILES string of the molecule is CN=C(NCc1ccc(C)c(F)c1)N1CCC(C)C(n2ccnc2)C1. The molecule has 1 saturated heterocycles. The molecule has 2 atom stereocenters. The van der Waals surface area contributed by atoms with E-state index in [2.05, 4.69) is 31.7 Å². The van der Waals surface area contributed by atoms with Crippen LogP contribution in [0.5, 0.6) is 0 Å². The average Bonchev–Trinajstić information content (AvgIpc) is 3.14. The fourth-order valence-electron chi connectivity index (χ4n) is 3.35. The van der Waals surface area contributed by atoms with E-state index in [1.165, 1.54) is 0 Å². The first-order chi connectivity index (χ1) is 12.1. The highest BCUT2D eigenvalue weighted by atomic mass is 19.1. The molecule has 1 aliphatic heterocycles. The molecular formula is C19H26FN5. The first-order valence-electron chi connectivity index (χ1n) is 8.76. The van der Waals surface area contributed by atoms with Gasteiger partial charge in [0.1, 0.15) is 5.82 Å². The van der Waals surface area contributed by atoms with Gasteiger partial charge in [0, 0.05) is 39.1 Å². The van der Waals surface area contributed by atoms with E-state index in [1.54, 1.807) is 20.0 Å². The Morgan fingerprint density at radius 1 is 1.44 bits per heavy atom. The molecule has 5 nitrogen and oxygen atoms in total. The second-order valence-corrected chi connectivity index (χ2v) is 6.77. The Balaban J connectivity index is 1.65. The van der Waals surface area contributed by atoms with Gasteiger partial charge in [0.25, 0.3) is 0 Å². The number of hydrogen-bond donors (Lipinski definition) is 1. The van der Waals surface area contributed by atoms with Crippen molar-refractivity contribution in [2.45, 2.75) is 32.9 Å². The topological polar surface area (TPSA) is 45.5 Å². The second-order valence-electron chi connectivity index (χ2n) is 6.77. The highest BCUT2D eigenvalue weighted by Crippen LogP contribution is 2.27. The van der Waals surface area contributed by atoms with E-state index in [9.17, 15) is 4.39 Å². The Morgan fingerprint density at radius 2 is 2.28 bits per heavy atom. The summed E-state index contributed by atoms with van der Waals surface area (Å²) in [6, 6.07) is 5.73. The van der Waals surface area contributed by atoms with Crippen molar-refractivity contribution in [2.24, 2.45) is 10.9 Å². The number of rotatable bonds is 3. The lowest BCUT2D eigenvalue weighted by Gasteiger charge is -2.39.